The van der Waals surface area contributed by atoms with E-state index in [1.54, 1.807) is 0 Å². The Morgan fingerprint density at radius 1 is 0.721 bits per heavy atom. The topological polar surface area (TPSA) is 118 Å². The Morgan fingerprint density at radius 3 is 1.60 bits per heavy atom. The molecule has 43 heavy (non-hydrogen) atoms. The molecule has 0 spiro atoms. The molecule has 8 rings (SSSR count). The van der Waals surface area contributed by atoms with Crippen LogP contribution in [-0.2, 0) is 9.59 Å². The van der Waals surface area contributed by atoms with E-state index in [4.69, 9.17) is 11.6 Å². The van der Waals surface area contributed by atoms with Gasteiger partial charge in [-0.3, -0.25) is 29.3 Å². The van der Waals surface area contributed by atoms with Gasteiger partial charge in [-0.05, 0) is 58.7 Å². The van der Waals surface area contributed by atoms with Crippen LogP contribution < -0.4 is 0 Å². The molecule has 10 heteroatoms. The minimum atomic E-state index is -0.753. The number of carbonyl (C=O) groups is 4. The van der Waals surface area contributed by atoms with Crippen molar-refractivity contribution in [1.29, 1.82) is 0 Å². The van der Waals surface area contributed by atoms with Crippen LogP contribution in [-0.4, -0.2) is 45.0 Å². The lowest BCUT2D eigenvalue weighted by atomic mass is 9.55. The van der Waals surface area contributed by atoms with Crippen molar-refractivity contribution >= 4 is 40.8 Å². The summed E-state index contributed by atoms with van der Waals surface area (Å²) in [5.74, 6) is -4.70. The van der Waals surface area contributed by atoms with Crippen molar-refractivity contribution in [3.05, 3.63) is 146 Å². The number of rotatable bonds is 6. The summed E-state index contributed by atoms with van der Waals surface area (Å²) in [6, 6.07) is 26.4. The summed E-state index contributed by atoms with van der Waals surface area (Å²) in [6.45, 7) is -0.634. The summed E-state index contributed by atoms with van der Waals surface area (Å²) in [5, 5.41) is 13.2. The molecule has 2 atom stereocenters. The van der Waals surface area contributed by atoms with E-state index in [1.165, 1.54) is 48.5 Å². The molecule has 1 fully saturated rings. The van der Waals surface area contributed by atoms with E-state index in [0.29, 0.717) is 5.02 Å². The summed E-state index contributed by atoms with van der Waals surface area (Å²) in [4.78, 5) is 66.6. The predicted octanol–water partition coefficient (Wildman–Crippen LogP) is 5.38. The Morgan fingerprint density at radius 2 is 1.16 bits per heavy atom. The third kappa shape index (κ3) is 4.07. The first-order valence-corrected chi connectivity index (χ1v) is 14.0. The quantitative estimate of drug-likeness (QED) is 0.129. The van der Waals surface area contributed by atoms with Crippen LogP contribution in [0.25, 0.3) is 0 Å². The molecule has 1 saturated heterocycles. The molecule has 0 aromatic heterocycles. The molecule has 0 N–H and O–H groups in total. The van der Waals surface area contributed by atoms with E-state index in [1.807, 2.05) is 48.5 Å². The highest BCUT2D eigenvalue weighted by Crippen LogP contribution is 2.61. The molecule has 2 bridgehead atoms. The van der Waals surface area contributed by atoms with Gasteiger partial charge in [-0.15, -0.1) is 0 Å². The maximum Gasteiger partial charge on any atom is 0.273 e. The van der Waals surface area contributed by atoms with Gasteiger partial charge in [-0.2, -0.15) is 5.01 Å². The number of imide groups is 1. The lowest BCUT2D eigenvalue weighted by Gasteiger charge is -2.45. The zero-order valence-electron chi connectivity index (χ0n) is 22.4. The highest BCUT2D eigenvalue weighted by molar-refractivity contribution is 6.30. The van der Waals surface area contributed by atoms with Crippen molar-refractivity contribution in [2.75, 3.05) is 6.54 Å². The van der Waals surface area contributed by atoms with Crippen LogP contribution in [0.5, 0.6) is 0 Å². The largest absolute Gasteiger partial charge is 0.292 e. The Balaban J connectivity index is 1.31. The molecule has 4 aromatic rings. The number of hydrogen-bond acceptors (Lipinski definition) is 6. The standard InChI is InChI=1S/C33H22ClN3O6/c34-20-13-9-19(10-14-20)31(39)35(17-26(38)18-11-15-21(16-12-18)37(42)43)36-32(40)29-27-22-5-1-2-6-23(22)28(30(29)33(36)41)25-8-4-3-7-24(25)27/h1-16,27-30H,17H2/t27?,28?,29-,30-/m0/s1. The minimum Gasteiger partial charge on any atom is -0.292 e. The second-order valence-corrected chi connectivity index (χ2v) is 11.3. The van der Waals surface area contributed by atoms with E-state index in [-0.39, 0.29) is 28.7 Å². The third-order valence-corrected chi connectivity index (χ3v) is 8.94. The van der Waals surface area contributed by atoms with Crippen LogP contribution in [0.4, 0.5) is 5.69 Å². The molecule has 0 saturated carbocycles. The second-order valence-electron chi connectivity index (χ2n) is 10.8. The molecule has 4 aromatic carbocycles. The number of halogens is 1. The maximum absolute atomic E-state index is 14.3. The zero-order chi connectivity index (χ0) is 30.0. The number of nitro benzene ring substituents is 1. The smallest absolute Gasteiger partial charge is 0.273 e. The van der Waals surface area contributed by atoms with E-state index < -0.39 is 46.8 Å². The number of nitrogens with zero attached hydrogens (tertiary/aromatic N) is 3. The number of nitro groups is 1. The maximum atomic E-state index is 14.3. The van der Waals surface area contributed by atoms with Crippen molar-refractivity contribution in [1.82, 2.24) is 10.0 Å². The molecule has 1 heterocycles. The summed E-state index contributed by atoms with van der Waals surface area (Å²) in [7, 11) is 0. The Labute approximate surface area is 250 Å². The van der Waals surface area contributed by atoms with Gasteiger partial charge in [0.05, 0.1) is 16.8 Å². The summed E-state index contributed by atoms with van der Waals surface area (Å²) in [6.07, 6.45) is 0. The Kier molecular flexibility index (Phi) is 6.21. The average molecular weight is 592 g/mol. The molecular weight excluding hydrogens is 570 g/mol. The van der Waals surface area contributed by atoms with Crippen molar-refractivity contribution in [3.63, 3.8) is 0 Å². The SMILES string of the molecule is O=C(CN(C(=O)c1ccc(Cl)cc1)N1C(=O)[C@H]2C3c4ccccc4C(c4ccccc43)[C@@H]2C1=O)c1ccc([N+](=O)[O-])cc1. The van der Waals surface area contributed by atoms with Crippen molar-refractivity contribution in [3.8, 4) is 0 Å². The average Bonchev–Trinajstić information content (AvgIpc) is 3.29. The van der Waals surface area contributed by atoms with E-state index in [9.17, 15) is 29.3 Å². The van der Waals surface area contributed by atoms with Gasteiger partial charge in [-0.25, -0.2) is 5.01 Å². The van der Waals surface area contributed by atoms with Gasteiger partial charge in [0.15, 0.2) is 5.78 Å². The van der Waals surface area contributed by atoms with Crippen LogP contribution in [0.3, 0.4) is 0 Å². The van der Waals surface area contributed by atoms with Crippen LogP contribution in [0.2, 0.25) is 5.02 Å². The fraction of sp³-hybridized carbons (Fsp3) is 0.152. The molecule has 3 aliphatic carbocycles. The second kappa shape index (κ2) is 9.99. The first kappa shape index (κ1) is 26.7. The fourth-order valence-electron chi connectivity index (χ4n) is 6.87. The van der Waals surface area contributed by atoms with Crippen LogP contribution in [0.15, 0.2) is 97.1 Å². The number of non-ortho nitro benzene ring substituents is 1. The predicted molar refractivity (Wildman–Crippen MR) is 155 cm³/mol. The Bertz CT molecular complexity index is 1740. The molecule has 0 unspecified atom stereocenters. The summed E-state index contributed by atoms with van der Waals surface area (Å²) in [5.41, 5.74) is 3.94. The molecule has 3 amide bonds. The molecule has 9 nitrogen and oxygen atoms in total. The van der Waals surface area contributed by atoms with Gasteiger partial charge in [0, 0.05) is 40.1 Å². The summed E-state index contributed by atoms with van der Waals surface area (Å²) < 4.78 is 0. The van der Waals surface area contributed by atoms with Crippen molar-refractivity contribution in [2.24, 2.45) is 11.8 Å². The van der Waals surface area contributed by atoms with Gasteiger partial charge in [0.25, 0.3) is 23.4 Å². The van der Waals surface area contributed by atoms with E-state index in [2.05, 4.69) is 0 Å². The number of benzene rings is 4. The van der Waals surface area contributed by atoms with Gasteiger partial charge < -0.3 is 0 Å². The van der Waals surface area contributed by atoms with Gasteiger partial charge >= 0.3 is 0 Å². The van der Waals surface area contributed by atoms with Crippen LogP contribution >= 0.6 is 11.6 Å². The Hall–Kier alpha value is -5.15. The van der Waals surface area contributed by atoms with Crippen LogP contribution in [0.1, 0.15) is 54.8 Å². The van der Waals surface area contributed by atoms with E-state index >= 15 is 0 Å². The number of hydrazine groups is 1. The normalized spacial score (nSPS) is 21.2. The summed E-state index contributed by atoms with van der Waals surface area (Å²) >= 11 is 6.03. The third-order valence-electron chi connectivity index (χ3n) is 8.69. The monoisotopic (exact) mass is 591 g/mol. The number of carbonyl (C=O) groups excluding carboxylic acids is 4. The number of Topliss-reactive ketones (excluding diaryl/α,β-unsaturated/α-hetero) is 1. The van der Waals surface area contributed by atoms with Crippen molar-refractivity contribution in [2.45, 2.75) is 11.8 Å². The number of hydrogen-bond donors (Lipinski definition) is 0. The first-order chi connectivity index (χ1) is 20.8. The molecule has 0 radical (unpaired) electrons. The highest BCUT2D eigenvalue weighted by Gasteiger charge is 2.63. The molecule has 1 aliphatic heterocycles. The molecule has 212 valence electrons. The fourth-order valence-corrected chi connectivity index (χ4v) is 7.00. The van der Waals surface area contributed by atoms with Crippen LogP contribution in [0, 0.1) is 22.0 Å². The van der Waals surface area contributed by atoms with Gasteiger partial charge in [-0.1, -0.05) is 60.1 Å². The highest BCUT2D eigenvalue weighted by atomic mass is 35.5. The zero-order valence-corrected chi connectivity index (χ0v) is 23.2. The molecular formula is C33H22ClN3O6. The first-order valence-electron chi connectivity index (χ1n) is 13.7. The molecule has 4 aliphatic rings. The number of amides is 3. The van der Waals surface area contributed by atoms with Crippen molar-refractivity contribution < 1.29 is 24.1 Å². The van der Waals surface area contributed by atoms with Gasteiger partial charge in [0.2, 0.25) is 0 Å². The lowest BCUT2D eigenvalue weighted by Crippen LogP contribution is -2.52. The number of ketones is 1. The van der Waals surface area contributed by atoms with Gasteiger partial charge in [0.1, 0.15) is 6.54 Å². The minimum absolute atomic E-state index is 0.0934. The lowest BCUT2D eigenvalue weighted by molar-refractivity contribution is -0.384. The van der Waals surface area contributed by atoms with E-state index in [0.717, 1.165) is 32.3 Å².